The smallest absolute Gasteiger partial charge is 0.281 e. The Morgan fingerprint density at radius 2 is 1.46 bits per heavy atom. The zero-order chi connectivity index (χ0) is 30.2. The van der Waals surface area contributed by atoms with Crippen molar-refractivity contribution in [3.63, 3.8) is 0 Å². The van der Waals surface area contributed by atoms with E-state index in [1.54, 1.807) is 10.9 Å². The van der Waals surface area contributed by atoms with Gasteiger partial charge in [0.05, 0.1) is 47.4 Å². The van der Waals surface area contributed by atoms with E-state index < -0.39 is 62.4 Å². The van der Waals surface area contributed by atoms with Crippen molar-refractivity contribution in [1.82, 2.24) is 13.8 Å². The molecule has 0 unspecified atom stereocenters. The molecule has 0 fully saturated rings. The number of aromatic nitrogens is 3. The summed E-state index contributed by atoms with van der Waals surface area (Å²) in [5, 5.41) is 4.26. The lowest BCUT2D eigenvalue weighted by Crippen LogP contribution is -2.22. The molecule has 0 spiro atoms. The number of nitrogens with one attached hydrogen (secondary N) is 1. The van der Waals surface area contributed by atoms with E-state index in [0.29, 0.717) is 15.1 Å². The van der Waals surface area contributed by atoms with Crippen molar-refractivity contribution < 1.29 is 43.2 Å². The predicted octanol–water partition coefficient (Wildman–Crippen LogP) is 5.88. The molecule has 0 aliphatic heterocycles. The van der Waals surface area contributed by atoms with Crippen molar-refractivity contribution in [2.75, 3.05) is 16.2 Å². The highest BCUT2D eigenvalue weighted by molar-refractivity contribution is 7.92. The Balaban J connectivity index is 1.76. The van der Waals surface area contributed by atoms with Crippen LogP contribution in [0.25, 0.3) is 27.7 Å². The largest absolute Gasteiger partial charge is 0.390 e. The Kier molecular flexibility index (Phi) is 8.19. The topological polar surface area (TPSA) is 103 Å². The molecule has 4 aromatic rings. The number of alkyl halides is 6. The lowest BCUT2D eigenvalue weighted by Gasteiger charge is -2.09. The fourth-order valence-corrected chi connectivity index (χ4v) is 6.51. The van der Waals surface area contributed by atoms with Crippen molar-refractivity contribution in [3.8, 4) is 16.8 Å². The zero-order valence-electron chi connectivity index (χ0n) is 21.4. The lowest BCUT2D eigenvalue weighted by molar-refractivity contribution is -0.130. The second kappa shape index (κ2) is 11.0. The lowest BCUT2D eigenvalue weighted by atomic mass is 10.1. The van der Waals surface area contributed by atoms with Gasteiger partial charge in [-0.2, -0.15) is 31.4 Å². The van der Waals surface area contributed by atoms with Gasteiger partial charge in [-0.15, -0.1) is 0 Å². The van der Waals surface area contributed by atoms with E-state index in [1.165, 1.54) is 24.4 Å². The van der Waals surface area contributed by atoms with Gasteiger partial charge in [0, 0.05) is 23.3 Å². The van der Waals surface area contributed by atoms with Gasteiger partial charge in [0.15, 0.2) is 0 Å². The first-order valence-electron chi connectivity index (χ1n) is 12.1. The van der Waals surface area contributed by atoms with Gasteiger partial charge in [-0.1, -0.05) is 25.1 Å². The van der Waals surface area contributed by atoms with Crippen LogP contribution in [0.1, 0.15) is 25.3 Å². The van der Waals surface area contributed by atoms with Crippen LogP contribution in [0.3, 0.4) is 0 Å². The molecule has 0 aliphatic carbocycles. The number of hydrogen-bond acceptors (Lipinski definition) is 5. The summed E-state index contributed by atoms with van der Waals surface area (Å²) in [6.45, 7) is 2.01. The van der Waals surface area contributed by atoms with Crippen LogP contribution in [0.15, 0.2) is 61.1 Å². The van der Waals surface area contributed by atoms with Gasteiger partial charge < -0.3 is 0 Å². The minimum atomic E-state index is -4.78. The highest BCUT2D eigenvalue weighted by Gasteiger charge is 2.33. The van der Waals surface area contributed by atoms with Crippen molar-refractivity contribution in [3.05, 3.63) is 66.6 Å². The average molecular weight is 623 g/mol. The van der Waals surface area contributed by atoms with Gasteiger partial charge >= 0.3 is 12.4 Å². The van der Waals surface area contributed by atoms with E-state index in [9.17, 15) is 43.2 Å². The Labute approximate surface area is 231 Å². The van der Waals surface area contributed by atoms with Crippen LogP contribution in [0, 0.1) is 0 Å². The maximum Gasteiger partial charge on any atom is 0.390 e. The molecule has 222 valence electrons. The Hall–Kier alpha value is -3.53. The van der Waals surface area contributed by atoms with Crippen LogP contribution in [-0.2, 0) is 26.5 Å². The van der Waals surface area contributed by atoms with Crippen LogP contribution in [-0.4, -0.2) is 54.4 Å². The number of fused-ring (bicyclic) bond motifs is 1. The van der Waals surface area contributed by atoms with Crippen LogP contribution >= 0.6 is 0 Å². The number of aryl methyl sites for hydroxylation is 1. The van der Waals surface area contributed by atoms with Crippen molar-refractivity contribution in [1.29, 1.82) is 0 Å². The van der Waals surface area contributed by atoms with Crippen LogP contribution < -0.4 is 4.72 Å². The highest BCUT2D eigenvalue weighted by Crippen LogP contribution is 2.34. The van der Waals surface area contributed by atoms with Gasteiger partial charge in [-0.05, 0) is 41.8 Å². The Bertz CT molecular complexity index is 1760. The first-order valence-corrected chi connectivity index (χ1v) is 15.4. The summed E-state index contributed by atoms with van der Waals surface area (Å²) < 4.78 is 131. The van der Waals surface area contributed by atoms with E-state index in [2.05, 4.69) is 5.10 Å². The number of halogens is 6. The summed E-state index contributed by atoms with van der Waals surface area (Å²) in [5.41, 5.74) is 2.27. The normalized spacial score (nSPS) is 13.1. The minimum absolute atomic E-state index is 0.0475. The minimum Gasteiger partial charge on any atom is -0.281 e. The number of anilines is 1. The molecule has 2 aromatic heterocycles. The zero-order valence-corrected chi connectivity index (χ0v) is 23.0. The quantitative estimate of drug-likeness (QED) is 0.223. The van der Waals surface area contributed by atoms with Crippen LogP contribution in [0.4, 0.5) is 32.0 Å². The molecular formula is C25H24F6N4O4S2. The Morgan fingerprint density at radius 1 is 0.829 bits per heavy atom. The summed E-state index contributed by atoms with van der Waals surface area (Å²) >= 11 is 0. The second-order valence-corrected chi connectivity index (χ2v) is 13.0. The van der Waals surface area contributed by atoms with Gasteiger partial charge in [-0.3, -0.25) is 4.72 Å². The first kappa shape index (κ1) is 30.4. The van der Waals surface area contributed by atoms with Crippen molar-refractivity contribution in [2.45, 2.75) is 38.5 Å². The summed E-state index contributed by atoms with van der Waals surface area (Å²) in [4.78, 5) is 0. The van der Waals surface area contributed by atoms with Crippen molar-refractivity contribution >= 4 is 36.6 Å². The maximum absolute atomic E-state index is 12.8. The summed E-state index contributed by atoms with van der Waals surface area (Å²) in [6, 6.07) is 11.7. The van der Waals surface area contributed by atoms with Gasteiger partial charge in [0.25, 0.3) is 0 Å². The molecule has 1 N–H and O–H groups in total. The fourth-order valence-electron chi connectivity index (χ4n) is 4.00. The summed E-state index contributed by atoms with van der Waals surface area (Å²) in [6.07, 6.45) is -8.10. The molecule has 4 rings (SSSR count). The first-order chi connectivity index (χ1) is 19.0. The summed E-state index contributed by atoms with van der Waals surface area (Å²) in [7, 11) is -9.26. The molecule has 0 aliphatic rings. The molecule has 2 aromatic carbocycles. The third-order valence-electron chi connectivity index (χ3n) is 6.16. The van der Waals surface area contributed by atoms with E-state index in [0.717, 1.165) is 23.9 Å². The molecule has 0 radical (unpaired) electrons. The third-order valence-corrected chi connectivity index (χ3v) is 9.05. The van der Waals surface area contributed by atoms with E-state index in [4.69, 9.17) is 0 Å². The standard InChI is InChI=1S/C25H24F6N4O4S2/c1-2-17-3-6-20(7-4-17)34-15-19(14-32-34)18-5-8-23-21(13-18)22(33-40(36,37)11-9-24(26,27)28)16-35(23)41(38,39)12-10-25(29,30)31/h3-8,13-16,33H,2,9-12H2,1H3. The molecule has 0 bridgehead atoms. The number of hydrogen-bond donors (Lipinski definition) is 1. The van der Waals surface area contributed by atoms with Crippen LogP contribution in [0.5, 0.6) is 0 Å². The third kappa shape index (κ3) is 7.61. The fraction of sp³-hybridized carbons (Fsp3) is 0.320. The molecule has 8 nitrogen and oxygen atoms in total. The van der Waals surface area contributed by atoms with Gasteiger partial charge in [0.2, 0.25) is 20.0 Å². The van der Waals surface area contributed by atoms with E-state index in [-0.39, 0.29) is 10.9 Å². The number of rotatable bonds is 10. The molecule has 0 saturated heterocycles. The van der Waals surface area contributed by atoms with E-state index in [1.807, 2.05) is 35.9 Å². The monoisotopic (exact) mass is 622 g/mol. The number of nitrogens with zero attached hydrogens (tertiary/aromatic N) is 3. The second-order valence-electron chi connectivity index (χ2n) is 9.23. The predicted molar refractivity (Wildman–Crippen MR) is 142 cm³/mol. The maximum atomic E-state index is 12.8. The molecule has 0 amide bonds. The molecule has 0 atom stereocenters. The van der Waals surface area contributed by atoms with Crippen molar-refractivity contribution in [2.24, 2.45) is 0 Å². The molecular weight excluding hydrogens is 598 g/mol. The molecule has 41 heavy (non-hydrogen) atoms. The SMILES string of the molecule is CCc1ccc(-n2cc(-c3ccc4c(c3)c(NS(=O)(=O)CCC(F)(F)F)cn4S(=O)(=O)CCC(F)(F)F)cn2)cc1. The molecule has 16 heteroatoms. The highest BCUT2D eigenvalue weighted by atomic mass is 32.2. The van der Waals surface area contributed by atoms with Gasteiger partial charge in [0.1, 0.15) is 0 Å². The average Bonchev–Trinajstić information content (AvgIpc) is 3.51. The molecule has 2 heterocycles. The summed E-state index contributed by atoms with van der Waals surface area (Å²) in [5.74, 6) is -2.67. The van der Waals surface area contributed by atoms with Gasteiger partial charge in [-0.25, -0.2) is 25.5 Å². The number of benzene rings is 2. The van der Waals surface area contributed by atoms with Crippen LogP contribution in [0.2, 0.25) is 0 Å². The Morgan fingerprint density at radius 3 is 2.07 bits per heavy atom. The van der Waals surface area contributed by atoms with E-state index >= 15 is 0 Å². The number of sulfonamides is 1. The molecule has 0 saturated carbocycles.